The van der Waals surface area contributed by atoms with Crippen molar-refractivity contribution in [2.45, 2.75) is 39.7 Å². The molecule has 0 aliphatic carbocycles. The molecule has 0 aromatic heterocycles. The minimum atomic E-state index is -0.750. The zero-order valence-corrected chi connectivity index (χ0v) is 16.8. The van der Waals surface area contributed by atoms with E-state index in [9.17, 15) is 9.59 Å². The van der Waals surface area contributed by atoms with Crippen LogP contribution in [0.25, 0.3) is 0 Å². The Kier molecular flexibility index (Phi) is 8.53. The van der Waals surface area contributed by atoms with Crippen LogP contribution in [0.5, 0.6) is 5.75 Å². The van der Waals surface area contributed by atoms with E-state index in [1.54, 1.807) is 25.1 Å². The van der Waals surface area contributed by atoms with Crippen LogP contribution in [0, 0.1) is 5.92 Å². The van der Waals surface area contributed by atoms with E-state index in [0.717, 1.165) is 12.0 Å². The third-order valence-electron chi connectivity index (χ3n) is 4.22. The zero-order chi connectivity index (χ0) is 20.4. The summed E-state index contributed by atoms with van der Waals surface area (Å²) in [6.45, 7) is 6.88. The Bertz CT molecular complexity index is 758. The highest BCUT2D eigenvalue weighted by Crippen LogP contribution is 2.15. The number of benzene rings is 2. The predicted octanol–water partition coefficient (Wildman–Crippen LogP) is 4.02. The lowest BCUT2D eigenvalue weighted by atomic mass is 10.1. The van der Waals surface area contributed by atoms with E-state index >= 15 is 0 Å². The fraction of sp³-hybridized carbons (Fsp3) is 0.391. The van der Waals surface area contributed by atoms with Gasteiger partial charge in [0.05, 0.1) is 13.2 Å². The lowest BCUT2D eigenvalue weighted by Gasteiger charge is -2.18. The van der Waals surface area contributed by atoms with Crippen molar-refractivity contribution >= 4 is 11.9 Å². The van der Waals surface area contributed by atoms with Gasteiger partial charge in [-0.2, -0.15) is 0 Å². The number of hydrogen-bond acceptors (Lipinski definition) is 4. The number of ether oxygens (including phenoxy) is 2. The molecule has 5 heteroatoms. The van der Waals surface area contributed by atoms with Gasteiger partial charge in [-0.25, -0.2) is 4.79 Å². The van der Waals surface area contributed by atoms with Crippen molar-refractivity contribution < 1.29 is 19.1 Å². The number of hydrogen-bond donors (Lipinski definition) is 1. The fourth-order valence-electron chi connectivity index (χ4n) is 2.67. The second kappa shape index (κ2) is 11.1. The zero-order valence-electron chi connectivity index (χ0n) is 16.8. The van der Waals surface area contributed by atoms with Crippen LogP contribution in [0.3, 0.4) is 0 Å². The number of carbonyl (C=O) groups is 2. The van der Waals surface area contributed by atoms with Gasteiger partial charge in [0.1, 0.15) is 11.8 Å². The summed E-state index contributed by atoms with van der Waals surface area (Å²) in [4.78, 5) is 25.0. The first-order valence-corrected chi connectivity index (χ1v) is 9.74. The highest BCUT2D eigenvalue weighted by atomic mass is 16.5. The Balaban J connectivity index is 2.06. The molecule has 0 saturated carbocycles. The van der Waals surface area contributed by atoms with E-state index in [0.29, 0.717) is 30.3 Å². The maximum Gasteiger partial charge on any atom is 0.328 e. The van der Waals surface area contributed by atoms with Gasteiger partial charge >= 0.3 is 5.97 Å². The van der Waals surface area contributed by atoms with Crippen molar-refractivity contribution in [2.24, 2.45) is 5.92 Å². The van der Waals surface area contributed by atoms with Crippen LogP contribution in [-0.4, -0.2) is 31.1 Å². The second-order valence-corrected chi connectivity index (χ2v) is 7.03. The standard InChI is InChI=1S/C23H29NO4/c1-4-27-23(26)21(15-18-9-6-5-7-10-18)24-22(25)19-11-8-12-20(16-19)28-14-13-17(2)3/h5-12,16-17,21H,4,13-15H2,1-3H3,(H,24,25). The first-order valence-electron chi connectivity index (χ1n) is 9.74. The van der Waals surface area contributed by atoms with E-state index < -0.39 is 12.0 Å². The lowest BCUT2D eigenvalue weighted by molar-refractivity contribution is -0.145. The van der Waals surface area contributed by atoms with E-state index in [-0.39, 0.29) is 12.5 Å². The molecule has 0 saturated heterocycles. The van der Waals surface area contributed by atoms with Crippen molar-refractivity contribution in [1.29, 1.82) is 0 Å². The van der Waals surface area contributed by atoms with Gasteiger partial charge in [-0.3, -0.25) is 4.79 Å². The maximum atomic E-state index is 12.7. The van der Waals surface area contributed by atoms with Gasteiger partial charge in [-0.1, -0.05) is 50.2 Å². The summed E-state index contributed by atoms with van der Waals surface area (Å²) in [6.07, 6.45) is 1.31. The van der Waals surface area contributed by atoms with Crippen molar-refractivity contribution in [1.82, 2.24) is 5.32 Å². The monoisotopic (exact) mass is 383 g/mol. The maximum absolute atomic E-state index is 12.7. The number of carbonyl (C=O) groups excluding carboxylic acids is 2. The Morgan fingerprint density at radius 1 is 1.04 bits per heavy atom. The molecule has 0 bridgehead atoms. The molecule has 0 heterocycles. The molecule has 2 aromatic carbocycles. The Morgan fingerprint density at radius 2 is 1.79 bits per heavy atom. The molecule has 1 atom stereocenters. The van der Waals surface area contributed by atoms with Crippen molar-refractivity contribution in [3.8, 4) is 5.75 Å². The Hall–Kier alpha value is -2.82. The number of amides is 1. The Morgan fingerprint density at radius 3 is 2.46 bits per heavy atom. The molecule has 1 unspecified atom stereocenters. The van der Waals surface area contributed by atoms with Crippen LogP contribution in [0.4, 0.5) is 0 Å². The van der Waals surface area contributed by atoms with Crippen LogP contribution in [-0.2, 0) is 16.0 Å². The number of nitrogens with one attached hydrogen (secondary N) is 1. The summed E-state index contributed by atoms with van der Waals surface area (Å²) >= 11 is 0. The molecule has 28 heavy (non-hydrogen) atoms. The van der Waals surface area contributed by atoms with Crippen LogP contribution < -0.4 is 10.1 Å². The molecular formula is C23H29NO4. The largest absolute Gasteiger partial charge is 0.494 e. The molecule has 0 fully saturated rings. The van der Waals surface area contributed by atoms with Gasteiger partial charge in [0.25, 0.3) is 5.91 Å². The highest BCUT2D eigenvalue weighted by molar-refractivity contribution is 5.97. The van der Waals surface area contributed by atoms with Crippen molar-refractivity contribution in [3.05, 3.63) is 65.7 Å². The molecule has 0 aliphatic heterocycles. The van der Waals surface area contributed by atoms with Crippen LogP contribution in [0.15, 0.2) is 54.6 Å². The first kappa shape index (κ1) is 21.5. The summed E-state index contributed by atoms with van der Waals surface area (Å²) in [5.74, 6) is 0.422. The predicted molar refractivity (Wildman–Crippen MR) is 109 cm³/mol. The summed E-state index contributed by atoms with van der Waals surface area (Å²) in [5, 5.41) is 2.80. The van der Waals surface area contributed by atoms with Crippen molar-refractivity contribution in [3.63, 3.8) is 0 Å². The topological polar surface area (TPSA) is 64.6 Å². The van der Waals surface area contributed by atoms with Gasteiger partial charge in [0, 0.05) is 12.0 Å². The third-order valence-corrected chi connectivity index (χ3v) is 4.22. The average Bonchev–Trinajstić information content (AvgIpc) is 2.68. The van der Waals surface area contributed by atoms with Crippen LogP contribution in [0.2, 0.25) is 0 Å². The van der Waals surface area contributed by atoms with Gasteiger partial charge < -0.3 is 14.8 Å². The van der Waals surface area contributed by atoms with E-state index in [4.69, 9.17) is 9.47 Å². The minimum absolute atomic E-state index is 0.263. The molecular weight excluding hydrogens is 354 g/mol. The van der Waals surface area contributed by atoms with E-state index in [2.05, 4.69) is 19.2 Å². The number of esters is 1. The molecule has 0 spiro atoms. The molecule has 5 nitrogen and oxygen atoms in total. The second-order valence-electron chi connectivity index (χ2n) is 7.03. The molecule has 2 aromatic rings. The number of rotatable bonds is 10. The highest BCUT2D eigenvalue weighted by Gasteiger charge is 2.23. The van der Waals surface area contributed by atoms with E-state index in [1.807, 2.05) is 36.4 Å². The molecule has 0 radical (unpaired) electrons. The van der Waals surface area contributed by atoms with Crippen LogP contribution >= 0.6 is 0 Å². The molecule has 150 valence electrons. The first-order chi connectivity index (χ1) is 13.5. The summed E-state index contributed by atoms with van der Waals surface area (Å²) in [7, 11) is 0. The van der Waals surface area contributed by atoms with E-state index in [1.165, 1.54) is 0 Å². The minimum Gasteiger partial charge on any atom is -0.494 e. The third kappa shape index (κ3) is 7.06. The van der Waals surface area contributed by atoms with Gasteiger partial charge in [-0.05, 0) is 43.0 Å². The normalized spacial score (nSPS) is 11.7. The SMILES string of the molecule is CCOC(=O)C(Cc1ccccc1)NC(=O)c1cccc(OCCC(C)C)c1. The Labute approximate surface area is 167 Å². The van der Waals surface area contributed by atoms with Gasteiger partial charge in [-0.15, -0.1) is 0 Å². The quantitative estimate of drug-likeness (QED) is 0.630. The molecule has 1 N–H and O–H groups in total. The van der Waals surface area contributed by atoms with Crippen LogP contribution in [0.1, 0.15) is 43.1 Å². The molecule has 2 rings (SSSR count). The summed E-state index contributed by atoms with van der Waals surface area (Å²) in [6, 6.07) is 15.8. The molecule has 1 amide bonds. The van der Waals surface area contributed by atoms with Gasteiger partial charge in [0.15, 0.2) is 0 Å². The summed E-state index contributed by atoms with van der Waals surface area (Å²) < 4.78 is 10.9. The molecule has 0 aliphatic rings. The summed E-state index contributed by atoms with van der Waals surface area (Å²) in [5.41, 5.74) is 1.40. The van der Waals surface area contributed by atoms with Gasteiger partial charge in [0.2, 0.25) is 0 Å². The average molecular weight is 383 g/mol. The lowest BCUT2D eigenvalue weighted by Crippen LogP contribution is -2.43. The smallest absolute Gasteiger partial charge is 0.328 e. The van der Waals surface area contributed by atoms with Crippen molar-refractivity contribution in [2.75, 3.05) is 13.2 Å². The fourth-order valence-corrected chi connectivity index (χ4v) is 2.67.